The third-order valence-corrected chi connectivity index (χ3v) is 4.20. The summed E-state index contributed by atoms with van der Waals surface area (Å²) < 4.78 is 9.48. The van der Waals surface area contributed by atoms with E-state index in [-0.39, 0.29) is 29.5 Å². The highest BCUT2D eigenvalue weighted by Crippen LogP contribution is 2.24. The quantitative estimate of drug-likeness (QED) is 0.542. The van der Waals surface area contributed by atoms with Crippen molar-refractivity contribution in [3.05, 3.63) is 35.5 Å². The summed E-state index contributed by atoms with van der Waals surface area (Å²) in [5.74, 6) is -0.185. The normalized spacial score (nSPS) is 13.9. The molecule has 0 spiro atoms. The van der Waals surface area contributed by atoms with Gasteiger partial charge in [-0.05, 0) is 19.4 Å². The molecule has 0 N–H and O–H groups in total. The molecule has 1 aromatic heterocycles. The van der Waals surface area contributed by atoms with Gasteiger partial charge in [0.05, 0.1) is 17.7 Å². The van der Waals surface area contributed by atoms with E-state index in [9.17, 15) is 4.79 Å². The van der Waals surface area contributed by atoms with Crippen LogP contribution in [0.4, 0.5) is 0 Å². The van der Waals surface area contributed by atoms with E-state index < -0.39 is 0 Å². The van der Waals surface area contributed by atoms with Gasteiger partial charge in [0.1, 0.15) is 19.6 Å². The molecule has 0 atom stereocenters. The van der Waals surface area contributed by atoms with Crippen molar-refractivity contribution < 1.29 is 31.1 Å². The zero-order valence-electron chi connectivity index (χ0n) is 13.7. The Labute approximate surface area is 147 Å². The number of esters is 1. The van der Waals surface area contributed by atoms with Crippen LogP contribution in [0.2, 0.25) is 0 Å². The number of ether oxygens (including phenoxy) is 1. The molecule has 1 saturated heterocycles. The van der Waals surface area contributed by atoms with Gasteiger partial charge < -0.3 is 26.3 Å². The second-order valence-electron chi connectivity index (χ2n) is 5.86. The number of aryl methyl sites for hydroxylation is 1. The van der Waals surface area contributed by atoms with Crippen LogP contribution >= 0.6 is 0 Å². The van der Waals surface area contributed by atoms with Crippen molar-refractivity contribution in [2.45, 2.75) is 33.2 Å². The fraction of sp³-hybridized carbons (Fsp3) is 0.444. The molecule has 124 valence electrons. The first-order valence-corrected chi connectivity index (χ1v) is 8.02. The number of benzene rings is 1. The van der Waals surface area contributed by atoms with E-state index in [2.05, 4.69) is 42.1 Å². The Hall–Kier alpha value is -1.62. The van der Waals surface area contributed by atoms with Crippen molar-refractivity contribution >= 4 is 23.1 Å². The van der Waals surface area contributed by atoms with Crippen LogP contribution in [0.5, 0.6) is 0 Å². The molecule has 2 heterocycles. The molecule has 1 aliphatic rings. The third-order valence-electron chi connectivity index (χ3n) is 4.20. The van der Waals surface area contributed by atoms with Crippen LogP contribution in [0.3, 0.4) is 0 Å². The topological polar surface area (TPSA) is 34.2 Å². The maximum Gasteiger partial charge on any atom is 0.325 e. The number of hydrogen-bond acceptors (Lipinski definition) is 2. The van der Waals surface area contributed by atoms with E-state index in [1.807, 2.05) is 11.5 Å². The number of para-hydroxylation sites is 1. The summed E-state index contributed by atoms with van der Waals surface area (Å²) >= 11 is 0. The zero-order chi connectivity index (χ0) is 15.5. The van der Waals surface area contributed by atoms with Crippen molar-refractivity contribution in [3.63, 3.8) is 0 Å². The average Bonchev–Trinajstić information content (AvgIpc) is 3.09. The second-order valence-corrected chi connectivity index (χ2v) is 5.86. The van der Waals surface area contributed by atoms with Crippen LogP contribution in [-0.4, -0.2) is 41.0 Å². The number of fused-ring (bicyclic) bond motifs is 1. The van der Waals surface area contributed by atoms with Crippen molar-refractivity contribution in [2.24, 2.45) is 0 Å². The number of nitrogens with zero attached hydrogens (tertiary/aromatic N) is 2. The Morgan fingerprint density at radius 3 is 2.78 bits per heavy atom. The van der Waals surface area contributed by atoms with Gasteiger partial charge in [0.2, 0.25) is 0 Å². The lowest BCUT2D eigenvalue weighted by atomic mass is 10.1. The minimum atomic E-state index is -0.185. The van der Waals surface area contributed by atoms with Gasteiger partial charge in [0.25, 0.3) is 0 Å². The summed E-state index contributed by atoms with van der Waals surface area (Å²) in [5, 5.41) is 1.20. The van der Waals surface area contributed by atoms with E-state index in [0.717, 1.165) is 18.6 Å². The molecular weight excluding hydrogens is 356 g/mol. The van der Waals surface area contributed by atoms with Crippen LogP contribution < -0.4 is 17.0 Å². The number of carbonyl (C=O) groups is 1. The molecule has 0 saturated carbocycles. The largest absolute Gasteiger partial charge is 1.00 e. The SMILES string of the molecule is CCOC(=O)Cn1cc(C=[N+]2CCCC2)c2cccc(C)c21.[Br-]. The number of rotatable bonds is 4. The first kappa shape index (κ1) is 17.7. The molecule has 0 radical (unpaired) electrons. The van der Waals surface area contributed by atoms with E-state index in [0.29, 0.717) is 6.61 Å². The van der Waals surface area contributed by atoms with Crippen LogP contribution in [-0.2, 0) is 16.1 Å². The van der Waals surface area contributed by atoms with Gasteiger partial charge in [-0.25, -0.2) is 4.58 Å². The van der Waals surface area contributed by atoms with Crippen molar-refractivity contribution in [1.82, 2.24) is 4.57 Å². The van der Waals surface area contributed by atoms with Gasteiger partial charge in [-0.15, -0.1) is 0 Å². The molecule has 0 unspecified atom stereocenters. The Balaban J connectivity index is 0.00000192. The maximum absolute atomic E-state index is 11.9. The molecule has 1 aromatic carbocycles. The lowest BCUT2D eigenvalue weighted by Crippen LogP contribution is -3.00. The highest BCUT2D eigenvalue weighted by molar-refractivity contribution is 5.99. The van der Waals surface area contributed by atoms with Gasteiger partial charge in [-0.3, -0.25) is 4.79 Å². The van der Waals surface area contributed by atoms with E-state index in [4.69, 9.17) is 4.74 Å². The van der Waals surface area contributed by atoms with Crippen molar-refractivity contribution in [3.8, 4) is 0 Å². The third kappa shape index (κ3) is 3.83. The summed E-state index contributed by atoms with van der Waals surface area (Å²) in [4.78, 5) is 11.9. The van der Waals surface area contributed by atoms with E-state index in [1.54, 1.807) is 0 Å². The molecule has 4 nitrogen and oxygen atoms in total. The molecular formula is C18H23BrN2O2. The minimum absolute atomic E-state index is 0. The molecule has 2 aromatic rings. The predicted molar refractivity (Wildman–Crippen MR) is 87.7 cm³/mol. The summed E-state index contributed by atoms with van der Waals surface area (Å²) in [6.07, 6.45) is 6.83. The standard InChI is InChI=1S/C18H23N2O2.BrH/c1-3-22-17(21)13-20-12-15(11-19-9-4-5-10-19)16-8-6-7-14(2)18(16)20;/h6-8,11-12H,3-5,9-10,13H2,1-2H3;1H/q+1;/p-1. The summed E-state index contributed by atoms with van der Waals surface area (Å²) in [6, 6.07) is 6.29. The molecule has 3 rings (SSSR count). The lowest BCUT2D eigenvalue weighted by Gasteiger charge is -2.06. The van der Waals surface area contributed by atoms with Gasteiger partial charge >= 0.3 is 5.97 Å². The minimum Gasteiger partial charge on any atom is -1.00 e. The molecule has 1 aliphatic heterocycles. The Bertz CT molecular complexity index is 726. The van der Waals surface area contributed by atoms with Crippen LogP contribution in [0, 0.1) is 6.92 Å². The molecule has 23 heavy (non-hydrogen) atoms. The zero-order valence-corrected chi connectivity index (χ0v) is 15.3. The highest BCUT2D eigenvalue weighted by atomic mass is 79.9. The van der Waals surface area contributed by atoms with Crippen LogP contribution in [0.25, 0.3) is 10.9 Å². The van der Waals surface area contributed by atoms with Crippen LogP contribution in [0.15, 0.2) is 24.4 Å². The van der Waals surface area contributed by atoms with E-state index >= 15 is 0 Å². The van der Waals surface area contributed by atoms with Gasteiger partial charge in [0.15, 0.2) is 6.21 Å². The lowest BCUT2D eigenvalue weighted by molar-refractivity contribution is -0.500. The fourth-order valence-corrected chi connectivity index (χ4v) is 3.22. The fourth-order valence-electron chi connectivity index (χ4n) is 3.22. The summed E-state index contributed by atoms with van der Waals surface area (Å²) in [5.41, 5.74) is 3.49. The Kier molecular flexibility index (Phi) is 5.99. The second kappa shape index (κ2) is 7.77. The highest BCUT2D eigenvalue weighted by Gasteiger charge is 2.17. The van der Waals surface area contributed by atoms with Crippen molar-refractivity contribution in [2.75, 3.05) is 19.7 Å². The number of halogens is 1. The van der Waals surface area contributed by atoms with Crippen molar-refractivity contribution in [1.29, 1.82) is 0 Å². The monoisotopic (exact) mass is 378 g/mol. The smallest absolute Gasteiger partial charge is 0.325 e. The average molecular weight is 379 g/mol. The predicted octanol–water partition coefficient (Wildman–Crippen LogP) is -0.258. The number of hydrogen-bond donors (Lipinski definition) is 0. The Morgan fingerprint density at radius 2 is 2.09 bits per heavy atom. The molecule has 1 fully saturated rings. The first-order chi connectivity index (χ1) is 10.7. The maximum atomic E-state index is 11.9. The molecule has 0 bridgehead atoms. The van der Waals surface area contributed by atoms with Gasteiger partial charge in [-0.2, -0.15) is 0 Å². The summed E-state index contributed by atoms with van der Waals surface area (Å²) in [7, 11) is 0. The van der Waals surface area contributed by atoms with Gasteiger partial charge in [-0.1, -0.05) is 18.2 Å². The number of carbonyl (C=O) groups excluding carboxylic acids is 1. The molecule has 5 heteroatoms. The Morgan fingerprint density at radius 1 is 1.35 bits per heavy atom. The van der Waals surface area contributed by atoms with Gasteiger partial charge in [0, 0.05) is 24.4 Å². The number of aromatic nitrogens is 1. The van der Waals surface area contributed by atoms with Crippen LogP contribution in [0.1, 0.15) is 30.9 Å². The van der Waals surface area contributed by atoms with E-state index in [1.165, 1.54) is 29.4 Å². The first-order valence-electron chi connectivity index (χ1n) is 8.02. The molecule has 0 amide bonds. The summed E-state index contributed by atoms with van der Waals surface area (Å²) in [6.45, 7) is 6.85. The molecule has 0 aliphatic carbocycles.